The van der Waals surface area contributed by atoms with Crippen molar-refractivity contribution in [1.29, 1.82) is 0 Å². The van der Waals surface area contributed by atoms with Gasteiger partial charge in [-0.1, -0.05) is 76.9 Å². The van der Waals surface area contributed by atoms with Crippen molar-refractivity contribution < 1.29 is 19.1 Å². The van der Waals surface area contributed by atoms with Crippen LogP contribution in [0.4, 0.5) is 9.59 Å². The number of hydrogen-bond donors (Lipinski definition) is 2. The van der Waals surface area contributed by atoms with Crippen molar-refractivity contribution in [2.24, 2.45) is 0 Å². The van der Waals surface area contributed by atoms with E-state index in [4.69, 9.17) is 9.47 Å². The van der Waals surface area contributed by atoms with Gasteiger partial charge in [-0.2, -0.15) is 0 Å². The maximum atomic E-state index is 12.0. The zero-order valence-corrected chi connectivity index (χ0v) is 19.6. The van der Waals surface area contributed by atoms with Crippen LogP contribution in [-0.2, 0) is 0 Å². The molecule has 2 aromatic rings. The molecule has 0 saturated carbocycles. The van der Waals surface area contributed by atoms with E-state index >= 15 is 0 Å². The molecule has 0 aliphatic carbocycles. The third kappa shape index (κ3) is 8.61. The number of nitrogens with one attached hydrogen (secondary N) is 2. The number of amides is 2. The lowest BCUT2D eigenvalue weighted by Gasteiger charge is -2.13. The van der Waals surface area contributed by atoms with Crippen LogP contribution in [0.2, 0.25) is 0 Å². The second kappa shape index (κ2) is 13.4. The van der Waals surface area contributed by atoms with Gasteiger partial charge in [0.2, 0.25) is 0 Å². The van der Waals surface area contributed by atoms with Gasteiger partial charge in [-0.3, -0.25) is 0 Å². The normalized spacial score (nSPS) is 10.8. The Morgan fingerprint density at radius 1 is 0.656 bits per heavy atom. The molecular weight excluding hydrogens is 404 g/mol. The van der Waals surface area contributed by atoms with Gasteiger partial charge in [0.15, 0.2) is 0 Å². The van der Waals surface area contributed by atoms with E-state index < -0.39 is 12.2 Å². The third-order valence-corrected chi connectivity index (χ3v) is 5.13. The summed E-state index contributed by atoms with van der Waals surface area (Å²) in [6, 6.07) is 15.2. The minimum Gasteiger partial charge on any atom is -0.410 e. The monoisotopic (exact) mass is 440 g/mol. The van der Waals surface area contributed by atoms with Gasteiger partial charge in [0.25, 0.3) is 0 Å². The first-order valence-corrected chi connectivity index (χ1v) is 11.5. The van der Waals surface area contributed by atoms with Gasteiger partial charge in [0.1, 0.15) is 11.5 Å². The van der Waals surface area contributed by atoms with Crippen LogP contribution in [0.15, 0.2) is 48.5 Å². The quantitative estimate of drug-likeness (QED) is 0.398. The molecule has 0 aromatic heterocycles. The molecule has 0 saturated heterocycles. The predicted molar refractivity (Wildman–Crippen MR) is 128 cm³/mol. The number of rotatable bonds is 11. The van der Waals surface area contributed by atoms with Gasteiger partial charge >= 0.3 is 12.2 Å². The Labute approximate surface area is 191 Å². The second-order valence-corrected chi connectivity index (χ2v) is 8.43. The Kier molecular flexibility index (Phi) is 10.6. The SMILES string of the molecule is CC(C)c1ccccc1OC(=O)NCCCCCCNC(=O)Oc1ccccc1C(C)C. The molecule has 2 N–H and O–H groups in total. The molecule has 2 aromatic carbocycles. The summed E-state index contributed by atoms with van der Waals surface area (Å²) in [5.41, 5.74) is 2.03. The van der Waals surface area contributed by atoms with E-state index in [0.29, 0.717) is 24.6 Å². The van der Waals surface area contributed by atoms with Crippen molar-refractivity contribution in [1.82, 2.24) is 10.6 Å². The van der Waals surface area contributed by atoms with E-state index in [-0.39, 0.29) is 11.8 Å². The number of carbonyl (C=O) groups is 2. The molecule has 32 heavy (non-hydrogen) atoms. The highest BCUT2D eigenvalue weighted by Gasteiger charge is 2.12. The summed E-state index contributed by atoms with van der Waals surface area (Å²) in [4.78, 5) is 24.0. The molecule has 0 spiro atoms. The molecular formula is C26H36N2O4. The molecule has 6 nitrogen and oxygen atoms in total. The minimum atomic E-state index is -0.427. The Bertz CT molecular complexity index is 793. The predicted octanol–water partition coefficient (Wildman–Crippen LogP) is 6.37. The molecule has 2 rings (SSSR count). The van der Waals surface area contributed by atoms with Gasteiger partial charge < -0.3 is 20.1 Å². The number of unbranched alkanes of at least 4 members (excludes halogenated alkanes) is 3. The van der Waals surface area contributed by atoms with Crippen LogP contribution < -0.4 is 20.1 Å². The van der Waals surface area contributed by atoms with Crippen LogP contribution in [-0.4, -0.2) is 25.3 Å². The van der Waals surface area contributed by atoms with Crippen molar-refractivity contribution in [2.75, 3.05) is 13.1 Å². The number of hydrogen-bond acceptors (Lipinski definition) is 4. The Morgan fingerprint density at radius 3 is 1.41 bits per heavy atom. The van der Waals surface area contributed by atoms with Crippen LogP contribution >= 0.6 is 0 Å². The molecule has 0 bridgehead atoms. The fourth-order valence-electron chi connectivity index (χ4n) is 3.36. The Balaban J connectivity index is 1.55. The number of para-hydroxylation sites is 2. The number of benzene rings is 2. The van der Waals surface area contributed by atoms with E-state index in [0.717, 1.165) is 36.8 Å². The molecule has 0 atom stereocenters. The first-order valence-electron chi connectivity index (χ1n) is 11.5. The average Bonchev–Trinajstić information content (AvgIpc) is 2.76. The molecule has 0 unspecified atom stereocenters. The van der Waals surface area contributed by atoms with E-state index in [2.05, 4.69) is 38.3 Å². The molecule has 0 heterocycles. The summed E-state index contributed by atoms with van der Waals surface area (Å²) in [7, 11) is 0. The molecule has 0 aliphatic heterocycles. The van der Waals surface area contributed by atoms with Crippen molar-refractivity contribution >= 4 is 12.2 Å². The summed E-state index contributed by atoms with van der Waals surface area (Å²) in [6.07, 6.45) is 2.76. The van der Waals surface area contributed by atoms with Crippen molar-refractivity contribution in [2.45, 2.75) is 65.2 Å². The summed E-state index contributed by atoms with van der Waals surface area (Å²) in [5, 5.41) is 5.59. The molecule has 2 amide bonds. The molecule has 0 fully saturated rings. The van der Waals surface area contributed by atoms with Crippen molar-refractivity contribution in [3.63, 3.8) is 0 Å². The second-order valence-electron chi connectivity index (χ2n) is 8.43. The summed E-state index contributed by atoms with van der Waals surface area (Å²) in [6.45, 7) is 9.39. The Hall–Kier alpha value is -3.02. The van der Waals surface area contributed by atoms with E-state index in [1.165, 1.54) is 0 Å². The molecule has 0 radical (unpaired) electrons. The first-order chi connectivity index (χ1) is 15.4. The fourth-order valence-corrected chi connectivity index (χ4v) is 3.36. The summed E-state index contributed by atoms with van der Waals surface area (Å²) in [5.74, 6) is 1.78. The smallest absolute Gasteiger partial charge is 0.410 e. The number of ether oxygens (including phenoxy) is 2. The fraction of sp³-hybridized carbons (Fsp3) is 0.462. The van der Waals surface area contributed by atoms with E-state index in [1.54, 1.807) is 0 Å². The zero-order chi connectivity index (χ0) is 23.3. The summed E-state index contributed by atoms with van der Waals surface area (Å²) >= 11 is 0. The molecule has 174 valence electrons. The lowest BCUT2D eigenvalue weighted by molar-refractivity contribution is 0.198. The standard InChI is InChI=1S/C26H36N2O4/c1-19(2)21-13-7-9-15-23(21)31-25(29)27-17-11-5-6-12-18-28-26(30)32-24-16-10-8-14-22(24)20(3)4/h7-10,13-16,19-20H,5-6,11-12,17-18H2,1-4H3,(H,27,29)(H,28,30). The topological polar surface area (TPSA) is 76.7 Å². The van der Waals surface area contributed by atoms with Crippen LogP contribution in [0.25, 0.3) is 0 Å². The molecule has 0 aliphatic rings. The maximum absolute atomic E-state index is 12.0. The highest BCUT2D eigenvalue weighted by atomic mass is 16.6. The largest absolute Gasteiger partial charge is 0.412 e. The number of carbonyl (C=O) groups excluding carboxylic acids is 2. The van der Waals surface area contributed by atoms with Gasteiger partial charge in [0, 0.05) is 13.1 Å². The van der Waals surface area contributed by atoms with E-state index in [1.807, 2.05) is 48.5 Å². The van der Waals surface area contributed by atoms with Crippen LogP contribution in [0.1, 0.15) is 76.3 Å². The van der Waals surface area contributed by atoms with Gasteiger partial charge in [-0.25, -0.2) is 9.59 Å². The van der Waals surface area contributed by atoms with Crippen molar-refractivity contribution in [3.8, 4) is 11.5 Å². The van der Waals surface area contributed by atoms with Crippen LogP contribution in [0.3, 0.4) is 0 Å². The summed E-state index contributed by atoms with van der Waals surface area (Å²) < 4.78 is 10.9. The molecule has 6 heteroatoms. The minimum absolute atomic E-state index is 0.287. The zero-order valence-electron chi connectivity index (χ0n) is 19.6. The highest BCUT2D eigenvalue weighted by molar-refractivity contribution is 5.71. The lowest BCUT2D eigenvalue weighted by Crippen LogP contribution is -2.28. The van der Waals surface area contributed by atoms with Gasteiger partial charge in [0.05, 0.1) is 0 Å². The first kappa shape index (κ1) is 25.2. The van der Waals surface area contributed by atoms with Crippen LogP contribution in [0.5, 0.6) is 11.5 Å². The van der Waals surface area contributed by atoms with Gasteiger partial charge in [-0.15, -0.1) is 0 Å². The lowest BCUT2D eigenvalue weighted by atomic mass is 10.0. The van der Waals surface area contributed by atoms with Gasteiger partial charge in [-0.05, 0) is 47.9 Å². The highest BCUT2D eigenvalue weighted by Crippen LogP contribution is 2.26. The Morgan fingerprint density at radius 2 is 1.03 bits per heavy atom. The maximum Gasteiger partial charge on any atom is 0.412 e. The average molecular weight is 441 g/mol. The van der Waals surface area contributed by atoms with E-state index in [9.17, 15) is 9.59 Å². The van der Waals surface area contributed by atoms with Crippen LogP contribution in [0, 0.1) is 0 Å². The third-order valence-electron chi connectivity index (χ3n) is 5.13. The van der Waals surface area contributed by atoms with Crippen molar-refractivity contribution in [3.05, 3.63) is 59.7 Å².